The van der Waals surface area contributed by atoms with Crippen molar-refractivity contribution in [3.8, 4) is 11.5 Å². The maximum atomic E-state index is 5.78. The fourth-order valence-electron chi connectivity index (χ4n) is 2.54. The molecule has 1 aromatic carbocycles. The molecule has 0 bridgehead atoms. The van der Waals surface area contributed by atoms with E-state index in [-0.39, 0.29) is 0 Å². The molecule has 4 nitrogen and oxygen atoms in total. The summed E-state index contributed by atoms with van der Waals surface area (Å²) in [5.41, 5.74) is 1.16. The van der Waals surface area contributed by atoms with Gasteiger partial charge in [0.05, 0.1) is 26.4 Å². The molecular formula is C12H15NO3. The van der Waals surface area contributed by atoms with Gasteiger partial charge in [0, 0.05) is 18.5 Å². The van der Waals surface area contributed by atoms with Crippen molar-refractivity contribution in [3.05, 3.63) is 23.8 Å². The van der Waals surface area contributed by atoms with Crippen LogP contribution in [0, 0.1) is 5.92 Å². The second-order valence-electron chi connectivity index (χ2n) is 4.24. The zero-order valence-electron chi connectivity index (χ0n) is 9.47. The third-order valence-electron chi connectivity index (χ3n) is 3.32. The third kappa shape index (κ3) is 1.30. The SMILES string of the molecule is COc1cccc2c1OC[C@H]1CON(C)[C@@H]21. The Hall–Kier alpha value is -1.26. The Labute approximate surface area is 94.7 Å². The van der Waals surface area contributed by atoms with E-state index in [9.17, 15) is 0 Å². The van der Waals surface area contributed by atoms with Crippen LogP contribution < -0.4 is 9.47 Å². The summed E-state index contributed by atoms with van der Waals surface area (Å²) in [7, 11) is 3.64. The lowest BCUT2D eigenvalue weighted by atomic mass is 9.92. The first-order valence-electron chi connectivity index (χ1n) is 5.46. The average Bonchev–Trinajstić information content (AvgIpc) is 2.70. The molecule has 0 N–H and O–H groups in total. The highest BCUT2D eigenvalue weighted by molar-refractivity contribution is 5.49. The highest BCUT2D eigenvalue weighted by atomic mass is 16.7. The number of ether oxygens (including phenoxy) is 2. The minimum atomic E-state index is 0.291. The summed E-state index contributed by atoms with van der Waals surface area (Å²) < 4.78 is 11.1. The zero-order valence-corrected chi connectivity index (χ0v) is 9.47. The van der Waals surface area contributed by atoms with Crippen molar-refractivity contribution < 1.29 is 14.3 Å². The largest absolute Gasteiger partial charge is 0.493 e. The van der Waals surface area contributed by atoms with Crippen LogP contribution in [0.2, 0.25) is 0 Å². The number of nitrogens with zero attached hydrogens (tertiary/aromatic N) is 1. The summed E-state index contributed by atoms with van der Waals surface area (Å²) in [5.74, 6) is 2.09. The van der Waals surface area contributed by atoms with Gasteiger partial charge in [0.15, 0.2) is 11.5 Å². The molecule has 1 fully saturated rings. The molecule has 2 heterocycles. The molecule has 0 aromatic heterocycles. The lowest BCUT2D eigenvalue weighted by molar-refractivity contribution is -0.111. The number of hydrogen-bond acceptors (Lipinski definition) is 4. The number of hydrogen-bond donors (Lipinski definition) is 0. The molecule has 3 rings (SSSR count). The summed E-state index contributed by atoms with van der Waals surface area (Å²) >= 11 is 0. The van der Waals surface area contributed by atoms with Crippen LogP contribution in [0.4, 0.5) is 0 Å². The quantitative estimate of drug-likeness (QED) is 0.721. The summed E-state index contributed by atoms with van der Waals surface area (Å²) in [6, 6.07) is 6.29. The van der Waals surface area contributed by atoms with Crippen LogP contribution >= 0.6 is 0 Å². The molecule has 0 spiro atoms. The number of methoxy groups -OCH3 is 1. The van der Waals surface area contributed by atoms with Gasteiger partial charge in [-0.05, 0) is 6.07 Å². The molecule has 0 amide bonds. The van der Waals surface area contributed by atoms with Gasteiger partial charge in [-0.15, -0.1) is 0 Å². The van der Waals surface area contributed by atoms with E-state index in [0.717, 1.165) is 23.7 Å². The zero-order chi connectivity index (χ0) is 11.1. The standard InChI is InChI=1S/C12H15NO3/c1-13-11-8(7-16-13)6-15-12-9(11)4-3-5-10(12)14-2/h3-5,8,11H,6-7H2,1-2H3/t8-,11+/m0/s1. The van der Waals surface area contributed by atoms with Gasteiger partial charge in [0.2, 0.25) is 0 Å². The smallest absolute Gasteiger partial charge is 0.166 e. The molecule has 0 saturated carbocycles. The van der Waals surface area contributed by atoms with Crippen LogP contribution in [0.3, 0.4) is 0 Å². The summed E-state index contributed by atoms with van der Waals surface area (Å²) in [4.78, 5) is 5.54. The van der Waals surface area contributed by atoms with E-state index < -0.39 is 0 Å². The van der Waals surface area contributed by atoms with Crippen molar-refractivity contribution in [1.82, 2.24) is 5.06 Å². The second kappa shape index (κ2) is 3.64. The summed E-state index contributed by atoms with van der Waals surface area (Å²) in [6.45, 7) is 1.43. The molecule has 1 aromatic rings. The van der Waals surface area contributed by atoms with E-state index in [0.29, 0.717) is 18.6 Å². The molecule has 2 aliphatic rings. The number of rotatable bonds is 1. The second-order valence-corrected chi connectivity index (χ2v) is 4.24. The van der Waals surface area contributed by atoms with Crippen LogP contribution in [0.1, 0.15) is 11.6 Å². The van der Waals surface area contributed by atoms with Crippen molar-refractivity contribution in [2.24, 2.45) is 5.92 Å². The summed E-state index contributed by atoms with van der Waals surface area (Å²) in [5, 5.41) is 1.92. The van der Waals surface area contributed by atoms with Crippen molar-refractivity contribution in [2.75, 3.05) is 27.4 Å². The van der Waals surface area contributed by atoms with E-state index in [4.69, 9.17) is 14.3 Å². The van der Waals surface area contributed by atoms with Crippen LogP contribution in [0.5, 0.6) is 11.5 Å². The van der Waals surface area contributed by atoms with Crippen molar-refractivity contribution in [3.63, 3.8) is 0 Å². The minimum Gasteiger partial charge on any atom is -0.493 e. The lowest BCUT2D eigenvalue weighted by Crippen LogP contribution is -2.29. The normalized spacial score (nSPS) is 28.1. The van der Waals surface area contributed by atoms with Crippen molar-refractivity contribution >= 4 is 0 Å². The Bertz CT molecular complexity index is 407. The maximum absolute atomic E-state index is 5.78. The minimum absolute atomic E-state index is 0.291. The van der Waals surface area contributed by atoms with Gasteiger partial charge >= 0.3 is 0 Å². The average molecular weight is 221 g/mol. The molecule has 4 heteroatoms. The van der Waals surface area contributed by atoms with Crippen LogP contribution in [0.25, 0.3) is 0 Å². The first-order chi connectivity index (χ1) is 7.81. The van der Waals surface area contributed by atoms with Gasteiger partial charge in [-0.1, -0.05) is 12.1 Å². The van der Waals surface area contributed by atoms with E-state index in [1.54, 1.807) is 7.11 Å². The van der Waals surface area contributed by atoms with Crippen LogP contribution in [0.15, 0.2) is 18.2 Å². The monoisotopic (exact) mass is 221 g/mol. The predicted octanol–water partition coefficient (Wildman–Crippen LogP) is 1.62. The fraction of sp³-hybridized carbons (Fsp3) is 0.500. The molecule has 0 aliphatic carbocycles. The fourth-order valence-corrected chi connectivity index (χ4v) is 2.54. The number of benzene rings is 1. The first kappa shape index (κ1) is 9.93. The van der Waals surface area contributed by atoms with Crippen molar-refractivity contribution in [1.29, 1.82) is 0 Å². The predicted molar refractivity (Wildman–Crippen MR) is 58.4 cm³/mol. The van der Waals surface area contributed by atoms with E-state index >= 15 is 0 Å². The molecular weight excluding hydrogens is 206 g/mol. The first-order valence-corrected chi connectivity index (χ1v) is 5.46. The third-order valence-corrected chi connectivity index (χ3v) is 3.32. The van der Waals surface area contributed by atoms with E-state index in [2.05, 4.69) is 6.07 Å². The van der Waals surface area contributed by atoms with Gasteiger partial charge in [0.25, 0.3) is 0 Å². The van der Waals surface area contributed by atoms with Gasteiger partial charge in [-0.25, -0.2) is 0 Å². The molecule has 0 radical (unpaired) electrons. The Morgan fingerprint density at radius 3 is 3.06 bits per heavy atom. The molecule has 2 atom stereocenters. The Morgan fingerprint density at radius 2 is 2.25 bits per heavy atom. The maximum Gasteiger partial charge on any atom is 0.166 e. The molecule has 1 saturated heterocycles. The van der Waals surface area contributed by atoms with Crippen molar-refractivity contribution in [2.45, 2.75) is 6.04 Å². The molecule has 86 valence electrons. The Balaban J connectivity index is 2.08. The molecule has 2 aliphatic heterocycles. The highest BCUT2D eigenvalue weighted by Gasteiger charge is 2.40. The van der Waals surface area contributed by atoms with Gasteiger partial charge in [0.1, 0.15) is 0 Å². The van der Waals surface area contributed by atoms with E-state index in [1.165, 1.54) is 0 Å². The highest BCUT2D eigenvalue weighted by Crippen LogP contribution is 2.46. The van der Waals surface area contributed by atoms with E-state index in [1.807, 2.05) is 24.2 Å². The number of para-hydroxylation sites is 1. The Kier molecular flexibility index (Phi) is 2.26. The van der Waals surface area contributed by atoms with Gasteiger partial charge in [-0.3, -0.25) is 4.84 Å². The Morgan fingerprint density at radius 1 is 1.38 bits per heavy atom. The number of hydroxylamine groups is 2. The molecule has 16 heavy (non-hydrogen) atoms. The number of fused-ring (bicyclic) bond motifs is 3. The topological polar surface area (TPSA) is 30.9 Å². The van der Waals surface area contributed by atoms with Crippen LogP contribution in [-0.4, -0.2) is 32.4 Å². The van der Waals surface area contributed by atoms with Crippen LogP contribution in [-0.2, 0) is 4.84 Å². The van der Waals surface area contributed by atoms with Gasteiger partial charge in [-0.2, -0.15) is 5.06 Å². The lowest BCUT2D eigenvalue weighted by Gasteiger charge is -2.30. The van der Waals surface area contributed by atoms with Gasteiger partial charge < -0.3 is 9.47 Å². The molecule has 0 unspecified atom stereocenters. The summed E-state index contributed by atoms with van der Waals surface area (Å²) in [6.07, 6.45) is 0.